The summed E-state index contributed by atoms with van der Waals surface area (Å²) in [6.07, 6.45) is -0.418. The van der Waals surface area contributed by atoms with E-state index in [2.05, 4.69) is 0 Å². The van der Waals surface area contributed by atoms with Crippen LogP contribution in [-0.2, 0) is 18.0 Å². The largest absolute Gasteiger partial charge is 0.495 e. The predicted molar refractivity (Wildman–Crippen MR) is 141 cm³/mol. The van der Waals surface area contributed by atoms with Crippen molar-refractivity contribution in [1.82, 2.24) is 0 Å². The minimum atomic E-state index is -0.871. The molecular formula is C30H36O7. The molecule has 0 bridgehead atoms. The molecule has 0 saturated carbocycles. The number of esters is 1. The van der Waals surface area contributed by atoms with Crippen molar-refractivity contribution >= 4 is 5.97 Å². The van der Waals surface area contributed by atoms with E-state index in [1.807, 2.05) is 64.1 Å². The van der Waals surface area contributed by atoms with Gasteiger partial charge in [0.25, 0.3) is 0 Å². The fourth-order valence-corrected chi connectivity index (χ4v) is 4.13. The zero-order valence-corrected chi connectivity index (χ0v) is 22.3. The van der Waals surface area contributed by atoms with Crippen LogP contribution in [0.25, 0.3) is 0 Å². The molecule has 7 nitrogen and oxygen atoms in total. The molecule has 0 aliphatic carbocycles. The molecule has 0 aliphatic heterocycles. The van der Waals surface area contributed by atoms with Crippen LogP contribution in [-0.4, -0.2) is 30.4 Å². The molecule has 3 aromatic rings. The van der Waals surface area contributed by atoms with E-state index in [0.717, 1.165) is 11.1 Å². The van der Waals surface area contributed by atoms with Gasteiger partial charge in [-0.2, -0.15) is 0 Å². The summed E-state index contributed by atoms with van der Waals surface area (Å²) in [5.41, 5.74) is 2.68. The summed E-state index contributed by atoms with van der Waals surface area (Å²) in [5.74, 6) is 0.337. The number of ether oxygens (including phenoxy) is 4. The van der Waals surface area contributed by atoms with E-state index in [-0.39, 0.29) is 41.4 Å². The van der Waals surface area contributed by atoms with Gasteiger partial charge in [-0.05, 0) is 54.2 Å². The summed E-state index contributed by atoms with van der Waals surface area (Å²) in [7, 11) is 2.70. The van der Waals surface area contributed by atoms with Crippen LogP contribution in [0, 0.1) is 12.3 Å². The van der Waals surface area contributed by atoms with E-state index in [9.17, 15) is 15.0 Å². The number of hydrogen-bond acceptors (Lipinski definition) is 7. The Bertz CT molecular complexity index is 1210. The lowest BCUT2D eigenvalue weighted by molar-refractivity contribution is 0.0592. The van der Waals surface area contributed by atoms with Crippen molar-refractivity contribution in [2.45, 2.75) is 53.4 Å². The fourth-order valence-electron chi connectivity index (χ4n) is 4.13. The van der Waals surface area contributed by atoms with Crippen molar-refractivity contribution in [3.05, 3.63) is 82.4 Å². The number of aliphatic hydroxyl groups is 2. The van der Waals surface area contributed by atoms with Crippen molar-refractivity contribution in [2.75, 3.05) is 14.2 Å². The van der Waals surface area contributed by atoms with E-state index in [1.165, 1.54) is 14.2 Å². The van der Waals surface area contributed by atoms with Crippen LogP contribution in [0.2, 0.25) is 0 Å². The first-order valence-corrected chi connectivity index (χ1v) is 12.1. The van der Waals surface area contributed by atoms with E-state index in [1.54, 1.807) is 18.2 Å². The third kappa shape index (κ3) is 7.02. The number of hydrogen-bond donors (Lipinski definition) is 2. The number of aliphatic hydroxyl groups excluding tert-OH is 2. The second-order valence-corrected chi connectivity index (χ2v) is 10.1. The normalized spacial score (nSPS) is 12.1. The third-order valence-corrected chi connectivity index (χ3v) is 5.80. The molecular weight excluding hydrogens is 472 g/mol. The first-order valence-electron chi connectivity index (χ1n) is 12.1. The maximum Gasteiger partial charge on any atom is 0.345 e. The molecule has 1 unspecified atom stereocenters. The Hall–Kier alpha value is -3.55. The topological polar surface area (TPSA) is 94.5 Å². The van der Waals surface area contributed by atoms with Gasteiger partial charge in [0, 0.05) is 11.1 Å². The number of aryl methyl sites for hydroxylation is 1. The van der Waals surface area contributed by atoms with Gasteiger partial charge in [0.2, 0.25) is 0 Å². The minimum absolute atomic E-state index is 0.0360. The second kappa shape index (κ2) is 12.1. The van der Waals surface area contributed by atoms with Gasteiger partial charge in [0.15, 0.2) is 11.5 Å². The zero-order valence-electron chi connectivity index (χ0n) is 22.3. The standard InChI is InChI=1S/C30H36O7/c1-19-14-21(17-31)27(25(15-19)36-18-20-10-8-7-9-11-20)37-24-13-12-22(23(32)16-30(2,3)4)28(34-5)26(24)29(33)35-6/h7-15,23,31-32H,16-18H2,1-6H3. The quantitative estimate of drug-likeness (QED) is 0.319. The van der Waals surface area contributed by atoms with Crippen LogP contribution in [0.4, 0.5) is 0 Å². The molecule has 198 valence electrons. The van der Waals surface area contributed by atoms with Gasteiger partial charge >= 0.3 is 5.97 Å². The van der Waals surface area contributed by atoms with Crippen LogP contribution in [0.3, 0.4) is 0 Å². The first-order chi connectivity index (χ1) is 17.6. The summed E-state index contributed by atoms with van der Waals surface area (Å²) in [5, 5.41) is 21.0. The molecule has 0 amide bonds. The van der Waals surface area contributed by atoms with E-state index < -0.39 is 12.1 Å². The number of carbonyl (C=O) groups is 1. The van der Waals surface area contributed by atoms with Gasteiger partial charge in [-0.1, -0.05) is 51.1 Å². The molecule has 0 aliphatic rings. The van der Waals surface area contributed by atoms with Gasteiger partial charge in [-0.25, -0.2) is 4.79 Å². The molecule has 3 rings (SSSR count). The number of rotatable bonds is 10. The molecule has 0 spiro atoms. The number of methoxy groups -OCH3 is 2. The van der Waals surface area contributed by atoms with E-state index in [4.69, 9.17) is 18.9 Å². The highest BCUT2D eigenvalue weighted by molar-refractivity contribution is 5.96. The highest BCUT2D eigenvalue weighted by Gasteiger charge is 2.29. The van der Waals surface area contributed by atoms with E-state index in [0.29, 0.717) is 23.3 Å². The summed E-state index contributed by atoms with van der Waals surface area (Å²) in [6, 6.07) is 16.6. The lowest BCUT2D eigenvalue weighted by atomic mass is 9.86. The van der Waals surface area contributed by atoms with E-state index >= 15 is 0 Å². The minimum Gasteiger partial charge on any atom is -0.495 e. The van der Waals surface area contributed by atoms with Gasteiger partial charge < -0.3 is 29.2 Å². The van der Waals surface area contributed by atoms with Gasteiger partial charge in [-0.3, -0.25) is 0 Å². The SMILES string of the molecule is COC(=O)c1c(Oc2c(CO)cc(C)cc2OCc2ccccc2)ccc(C(O)CC(C)(C)C)c1OC. The Morgan fingerprint density at radius 1 is 0.973 bits per heavy atom. The number of benzene rings is 3. The Balaban J connectivity index is 2.09. The zero-order chi connectivity index (χ0) is 27.2. The maximum atomic E-state index is 12.9. The molecule has 0 fully saturated rings. The third-order valence-electron chi connectivity index (χ3n) is 5.80. The monoisotopic (exact) mass is 508 g/mol. The Morgan fingerprint density at radius 3 is 2.27 bits per heavy atom. The lowest BCUT2D eigenvalue weighted by Crippen LogP contribution is -2.15. The summed E-state index contributed by atoms with van der Waals surface area (Å²) >= 11 is 0. The predicted octanol–water partition coefficient (Wildman–Crippen LogP) is 6.12. The van der Waals surface area contributed by atoms with Crippen LogP contribution >= 0.6 is 0 Å². The number of carbonyl (C=O) groups excluding carboxylic acids is 1. The Kier molecular flexibility index (Phi) is 9.18. The fraction of sp³-hybridized carbons (Fsp3) is 0.367. The van der Waals surface area contributed by atoms with Crippen LogP contribution in [0.15, 0.2) is 54.6 Å². The summed E-state index contributed by atoms with van der Waals surface area (Å²) < 4.78 is 23.0. The molecule has 2 N–H and O–H groups in total. The first kappa shape index (κ1) is 28.0. The second-order valence-electron chi connectivity index (χ2n) is 10.1. The van der Waals surface area contributed by atoms with Crippen molar-refractivity contribution in [3.8, 4) is 23.0 Å². The molecule has 7 heteroatoms. The molecule has 0 aromatic heterocycles. The molecule has 0 heterocycles. The summed E-state index contributed by atoms with van der Waals surface area (Å²) in [6.45, 7) is 7.94. The molecule has 0 saturated heterocycles. The Labute approximate surface area is 218 Å². The maximum absolute atomic E-state index is 12.9. The average molecular weight is 509 g/mol. The average Bonchev–Trinajstić information content (AvgIpc) is 2.87. The van der Waals surface area contributed by atoms with Crippen molar-refractivity contribution in [1.29, 1.82) is 0 Å². The van der Waals surface area contributed by atoms with Gasteiger partial charge in [-0.15, -0.1) is 0 Å². The highest BCUT2D eigenvalue weighted by atomic mass is 16.5. The van der Waals surface area contributed by atoms with Crippen molar-refractivity contribution < 1.29 is 34.0 Å². The lowest BCUT2D eigenvalue weighted by Gasteiger charge is -2.25. The molecule has 1 atom stereocenters. The summed E-state index contributed by atoms with van der Waals surface area (Å²) in [4.78, 5) is 12.9. The van der Waals surface area contributed by atoms with Crippen LogP contribution in [0.5, 0.6) is 23.0 Å². The highest BCUT2D eigenvalue weighted by Crippen LogP contribution is 2.44. The van der Waals surface area contributed by atoms with Crippen molar-refractivity contribution in [2.24, 2.45) is 5.41 Å². The molecule has 3 aromatic carbocycles. The van der Waals surface area contributed by atoms with Crippen LogP contribution < -0.4 is 14.2 Å². The Morgan fingerprint density at radius 2 is 1.68 bits per heavy atom. The molecule has 37 heavy (non-hydrogen) atoms. The smallest absolute Gasteiger partial charge is 0.345 e. The molecule has 0 radical (unpaired) electrons. The van der Waals surface area contributed by atoms with Crippen molar-refractivity contribution in [3.63, 3.8) is 0 Å². The van der Waals surface area contributed by atoms with Crippen LogP contribution in [0.1, 0.15) is 65.9 Å². The van der Waals surface area contributed by atoms with Gasteiger partial charge in [0.05, 0.1) is 26.9 Å². The van der Waals surface area contributed by atoms with Gasteiger partial charge in [0.1, 0.15) is 23.7 Å².